The maximum Gasteiger partial charge on any atom is 0.224 e. The van der Waals surface area contributed by atoms with Crippen molar-refractivity contribution in [3.63, 3.8) is 0 Å². The van der Waals surface area contributed by atoms with Crippen molar-refractivity contribution in [2.45, 2.75) is 5.88 Å². The zero-order valence-electron chi connectivity index (χ0n) is 10.5. The van der Waals surface area contributed by atoms with Crippen molar-refractivity contribution in [1.29, 1.82) is 0 Å². The van der Waals surface area contributed by atoms with Crippen LogP contribution in [0.4, 0.5) is 4.39 Å². The number of aromatic nitrogens is 1. The molecule has 0 aliphatic rings. The fraction of sp³-hybridized carbons (Fsp3) is 0.0625. The number of para-hydroxylation sites is 1. The number of rotatable bonds is 3. The van der Waals surface area contributed by atoms with E-state index in [1.54, 1.807) is 12.1 Å². The fourth-order valence-electron chi connectivity index (χ4n) is 1.94. The fourth-order valence-corrected chi connectivity index (χ4v) is 2.13. The van der Waals surface area contributed by atoms with Gasteiger partial charge < -0.3 is 4.74 Å². The standard InChI is InChI=1S/C16H11ClFNO/c17-10-12-9-11-3-1-2-4-15(11)19-16(12)20-14-7-5-13(18)6-8-14/h1-9H,10H2. The van der Waals surface area contributed by atoms with Crippen molar-refractivity contribution >= 4 is 22.5 Å². The van der Waals surface area contributed by atoms with Gasteiger partial charge in [-0.05, 0) is 36.4 Å². The van der Waals surface area contributed by atoms with Crippen molar-refractivity contribution in [2.24, 2.45) is 0 Å². The summed E-state index contributed by atoms with van der Waals surface area (Å²) in [6.07, 6.45) is 0. The van der Waals surface area contributed by atoms with Crippen LogP contribution in [0.25, 0.3) is 10.9 Å². The molecule has 4 heteroatoms. The normalized spacial score (nSPS) is 10.7. The largest absolute Gasteiger partial charge is 0.439 e. The third-order valence-corrected chi connectivity index (χ3v) is 3.22. The molecule has 0 bridgehead atoms. The Hall–Kier alpha value is -2.13. The lowest BCUT2D eigenvalue weighted by atomic mass is 10.2. The van der Waals surface area contributed by atoms with Gasteiger partial charge in [-0.2, -0.15) is 0 Å². The van der Waals surface area contributed by atoms with Crippen molar-refractivity contribution in [3.8, 4) is 11.6 Å². The predicted molar refractivity (Wildman–Crippen MR) is 77.8 cm³/mol. The number of benzene rings is 2. The molecule has 100 valence electrons. The second-order valence-electron chi connectivity index (χ2n) is 4.33. The van der Waals surface area contributed by atoms with Crippen LogP contribution < -0.4 is 4.74 Å². The Bertz CT molecular complexity index is 743. The van der Waals surface area contributed by atoms with Gasteiger partial charge in [0.25, 0.3) is 0 Å². The van der Waals surface area contributed by atoms with E-state index in [1.165, 1.54) is 12.1 Å². The highest BCUT2D eigenvalue weighted by atomic mass is 35.5. The summed E-state index contributed by atoms with van der Waals surface area (Å²) in [6.45, 7) is 0. The van der Waals surface area contributed by atoms with E-state index >= 15 is 0 Å². The van der Waals surface area contributed by atoms with Crippen molar-refractivity contribution in [3.05, 3.63) is 66.0 Å². The summed E-state index contributed by atoms with van der Waals surface area (Å²) in [5, 5.41) is 1.01. The molecule has 0 fully saturated rings. The molecule has 3 rings (SSSR count). The Kier molecular flexibility index (Phi) is 3.52. The van der Waals surface area contributed by atoms with E-state index in [9.17, 15) is 4.39 Å². The maximum atomic E-state index is 12.9. The minimum atomic E-state index is -0.304. The van der Waals surface area contributed by atoms with Gasteiger partial charge in [-0.1, -0.05) is 18.2 Å². The Balaban J connectivity index is 2.03. The molecule has 1 aromatic heterocycles. The van der Waals surface area contributed by atoms with Gasteiger partial charge in [-0.15, -0.1) is 11.6 Å². The molecule has 2 nitrogen and oxygen atoms in total. The highest BCUT2D eigenvalue weighted by Gasteiger charge is 2.08. The molecular formula is C16H11ClFNO. The third kappa shape index (κ3) is 2.58. The number of nitrogens with zero attached hydrogens (tertiary/aromatic N) is 1. The van der Waals surface area contributed by atoms with Crippen LogP contribution >= 0.6 is 11.6 Å². The second kappa shape index (κ2) is 5.47. The molecule has 0 unspecified atom stereocenters. The average molecular weight is 288 g/mol. The summed E-state index contributed by atoms with van der Waals surface area (Å²) in [6, 6.07) is 15.5. The van der Waals surface area contributed by atoms with Gasteiger partial charge in [0.2, 0.25) is 5.88 Å². The van der Waals surface area contributed by atoms with E-state index in [4.69, 9.17) is 16.3 Å². The zero-order chi connectivity index (χ0) is 13.9. The lowest BCUT2D eigenvalue weighted by Gasteiger charge is -2.10. The number of ether oxygens (including phenoxy) is 1. The number of hydrogen-bond donors (Lipinski definition) is 0. The summed E-state index contributed by atoms with van der Waals surface area (Å²) in [4.78, 5) is 4.46. The monoisotopic (exact) mass is 287 g/mol. The van der Waals surface area contributed by atoms with Gasteiger partial charge in [-0.25, -0.2) is 9.37 Å². The lowest BCUT2D eigenvalue weighted by Crippen LogP contribution is -1.94. The first-order chi connectivity index (χ1) is 9.76. The first-order valence-corrected chi connectivity index (χ1v) is 6.68. The Labute approximate surface area is 120 Å². The molecule has 0 spiro atoms. The third-order valence-electron chi connectivity index (χ3n) is 2.94. The number of pyridine rings is 1. The number of fused-ring (bicyclic) bond motifs is 1. The molecule has 0 saturated carbocycles. The molecule has 0 saturated heterocycles. The molecule has 0 N–H and O–H groups in total. The van der Waals surface area contributed by atoms with Crippen molar-refractivity contribution < 1.29 is 9.13 Å². The molecule has 0 radical (unpaired) electrons. The van der Waals surface area contributed by atoms with E-state index in [2.05, 4.69) is 4.98 Å². The van der Waals surface area contributed by atoms with Crippen LogP contribution in [0.3, 0.4) is 0 Å². The number of alkyl halides is 1. The minimum Gasteiger partial charge on any atom is -0.439 e. The van der Waals surface area contributed by atoms with Crippen LogP contribution in [-0.4, -0.2) is 4.98 Å². The molecular weight excluding hydrogens is 277 g/mol. The van der Waals surface area contributed by atoms with Gasteiger partial charge in [0.05, 0.1) is 11.4 Å². The summed E-state index contributed by atoms with van der Waals surface area (Å²) >= 11 is 5.94. The van der Waals surface area contributed by atoms with Crippen LogP contribution in [0.15, 0.2) is 54.6 Å². The quantitative estimate of drug-likeness (QED) is 0.639. The maximum absolute atomic E-state index is 12.9. The molecule has 3 aromatic rings. The first kappa shape index (κ1) is 12.9. The van der Waals surface area contributed by atoms with Crippen molar-refractivity contribution in [1.82, 2.24) is 4.98 Å². The lowest BCUT2D eigenvalue weighted by molar-refractivity contribution is 0.459. The average Bonchev–Trinajstić information content (AvgIpc) is 2.49. The van der Waals surface area contributed by atoms with E-state index < -0.39 is 0 Å². The molecule has 0 aliphatic carbocycles. The Morgan fingerprint density at radius 3 is 2.55 bits per heavy atom. The highest BCUT2D eigenvalue weighted by Crippen LogP contribution is 2.28. The zero-order valence-corrected chi connectivity index (χ0v) is 11.3. The van der Waals surface area contributed by atoms with E-state index in [-0.39, 0.29) is 5.82 Å². The van der Waals surface area contributed by atoms with Gasteiger partial charge in [0, 0.05) is 10.9 Å². The molecule has 20 heavy (non-hydrogen) atoms. The van der Waals surface area contributed by atoms with Gasteiger partial charge in [0.1, 0.15) is 11.6 Å². The summed E-state index contributed by atoms with van der Waals surface area (Å²) in [7, 11) is 0. The summed E-state index contributed by atoms with van der Waals surface area (Å²) < 4.78 is 18.6. The molecule has 1 heterocycles. The van der Waals surface area contributed by atoms with Crippen LogP contribution in [0.5, 0.6) is 11.6 Å². The summed E-state index contributed by atoms with van der Waals surface area (Å²) in [5.74, 6) is 0.973. The Morgan fingerprint density at radius 1 is 1.05 bits per heavy atom. The van der Waals surface area contributed by atoms with Gasteiger partial charge >= 0.3 is 0 Å². The molecule has 2 aromatic carbocycles. The molecule has 0 aliphatic heterocycles. The number of halogens is 2. The predicted octanol–water partition coefficient (Wildman–Crippen LogP) is 4.91. The van der Waals surface area contributed by atoms with E-state index in [1.807, 2.05) is 30.3 Å². The van der Waals surface area contributed by atoms with Gasteiger partial charge in [-0.3, -0.25) is 0 Å². The number of hydrogen-bond acceptors (Lipinski definition) is 2. The second-order valence-corrected chi connectivity index (χ2v) is 4.60. The first-order valence-electron chi connectivity index (χ1n) is 6.14. The van der Waals surface area contributed by atoms with Crippen LogP contribution in [0.2, 0.25) is 0 Å². The Morgan fingerprint density at radius 2 is 1.80 bits per heavy atom. The topological polar surface area (TPSA) is 22.1 Å². The van der Waals surface area contributed by atoms with E-state index in [0.29, 0.717) is 17.5 Å². The van der Waals surface area contributed by atoms with Crippen LogP contribution in [0.1, 0.15) is 5.56 Å². The molecule has 0 atom stereocenters. The van der Waals surface area contributed by atoms with Crippen LogP contribution in [-0.2, 0) is 5.88 Å². The molecule has 0 amide bonds. The van der Waals surface area contributed by atoms with E-state index in [0.717, 1.165) is 16.5 Å². The van der Waals surface area contributed by atoms with Gasteiger partial charge in [0.15, 0.2) is 0 Å². The van der Waals surface area contributed by atoms with Crippen molar-refractivity contribution in [2.75, 3.05) is 0 Å². The smallest absolute Gasteiger partial charge is 0.224 e. The van der Waals surface area contributed by atoms with Crippen LogP contribution in [0, 0.1) is 5.82 Å². The minimum absolute atomic E-state index is 0.300. The summed E-state index contributed by atoms with van der Waals surface area (Å²) in [5.41, 5.74) is 1.63. The SMILES string of the molecule is Fc1ccc(Oc2nc3ccccc3cc2CCl)cc1. The highest BCUT2D eigenvalue weighted by molar-refractivity contribution is 6.17.